The third-order valence-electron chi connectivity index (χ3n) is 1.78. The van der Waals surface area contributed by atoms with E-state index in [2.05, 4.69) is 9.97 Å². The minimum absolute atomic E-state index is 0.00261. The number of hydrogen-bond donors (Lipinski definition) is 0. The third-order valence-corrected chi connectivity index (χ3v) is 3.96. The average Bonchev–Trinajstić information content (AvgIpc) is 2.38. The minimum atomic E-state index is -0.465. The molecule has 2 aromatic heterocycles. The second-order valence-corrected chi connectivity index (χ2v) is 5.12. The highest BCUT2D eigenvalue weighted by atomic mass is 33.1. The molecule has 0 aliphatic heterocycles. The first-order chi connectivity index (χ1) is 8.25. The van der Waals surface area contributed by atoms with Crippen LogP contribution in [0.25, 0.3) is 0 Å². The largest absolute Gasteiger partial charge is 0.287 e. The van der Waals surface area contributed by atoms with Crippen LogP contribution in [0.15, 0.2) is 52.8 Å². The van der Waals surface area contributed by atoms with E-state index in [-0.39, 0.29) is 5.69 Å². The van der Waals surface area contributed by atoms with E-state index in [9.17, 15) is 10.1 Å². The number of rotatable bonds is 4. The predicted molar refractivity (Wildman–Crippen MR) is 66.8 cm³/mol. The summed E-state index contributed by atoms with van der Waals surface area (Å²) in [5.41, 5.74) is -0.00261. The first-order valence-electron chi connectivity index (χ1n) is 4.62. The molecule has 7 heteroatoms. The van der Waals surface area contributed by atoms with E-state index in [1.165, 1.54) is 33.9 Å². The van der Waals surface area contributed by atoms with Gasteiger partial charge in [0.05, 0.1) is 4.92 Å². The number of pyridine rings is 2. The number of hydrogen-bond acceptors (Lipinski definition) is 6. The molecule has 0 spiro atoms. The average molecular weight is 265 g/mol. The highest BCUT2D eigenvalue weighted by Crippen LogP contribution is 2.35. The Balaban J connectivity index is 1.98. The predicted octanol–water partition coefficient (Wildman–Crippen LogP) is 3.18. The van der Waals surface area contributed by atoms with Crippen molar-refractivity contribution in [1.82, 2.24) is 9.97 Å². The highest BCUT2D eigenvalue weighted by Gasteiger charge is 2.06. The molecule has 86 valence electrons. The summed E-state index contributed by atoms with van der Waals surface area (Å²) in [5.74, 6) is 0. The number of nitrogens with zero attached hydrogens (tertiary/aromatic N) is 3. The molecule has 0 radical (unpaired) electrons. The second-order valence-electron chi connectivity index (χ2n) is 2.95. The van der Waals surface area contributed by atoms with Gasteiger partial charge in [-0.2, -0.15) is 0 Å². The van der Waals surface area contributed by atoms with Crippen LogP contribution in [0, 0.1) is 10.1 Å². The monoisotopic (exact) mass is 265 g/mol. The van der Waals surface area contributed by atoms with Gasteiger partial charge < -0.3 is 0 Å². The van der Waals surface area contributed by atoms with E-state index >= 15 is 0 Å². The van der Waals surface area contributed by atoms with Crippen LogP contribution in [-0.4, -0.2) is 14.9 Å². The van der Waals surface area contributed by atoms with Gasteiger partial charge in [-0.25, -0.2) is 9.97 Å². The molecule has 0 atom stereocenters. The molecule has 17 heavy (non-hydrogen) atoms. The summed E-state index contributed by atoms with van der Waals surface area (Å²) in [7, 11) is 2.88. The Hall–Kier alpha value is -1.60. The molecule has 0 N–H and O–H groups in total. The van der Waals surface area contributed by atoms with Gasteiger partial charge in [-0.1, -0.05) is 6.07 Å². The van der Waals surface area contributed by atoms with Crippen molar-refractivity contribution >= 4 is 27.3 Å². The lowest BCUT2D eigenvalue weighted by Crippen LogP contribution is -1.88. The van der Waals surface area contributed by atoms with Gasteiger partial charge in [0.25, 0.3) is 5.69 Å². The van der Waals surface area contributed by atoms with Gasteiger partial charge >= 0.3 is 0 Å². The smallest absolute Gasteiger partial charge is 0.258 e. The van der Waals surface area contributed by atoms with E-state index < -0.39 is 4.92 Å². The van der Waals surface area contributed by atoms with Gasteiger partial charge in [0.2, 0.25) is 0 Å². The lowest BCUT2D eigenvalue weighted by Gasteiger charge is -1.98. The van der Waals surface area contributed by atoms with Crippen LogP contribution in [-0.2, 0) is 0 Å². The van der Waals surface area contributed by atoms with E-state index in [0.29, 0.717) is 5.03 Å². The second kappa shape index (κ2) is 5.65. The molecule has 0 aliphatic carbocycles. The molecule has 0 saturated heterocycles. The Kier molecular flexibility index (Phi) is 3.94. The van der Waals surface area contributed by atoms with Crippen molar-refractivity contribution in [3.63, 3.8) is 0 Å². The summed E-state index contributed by atoms with van der Waals surface area (Å²) < 4.78 is 0. The summed E-state index contributed by atoms with van der Waals surface area (Å²) >= 11 is 0. The molecule has 2 aromatic rings. The SMILES string of the molecule is O=[N+]([O-])c1ccc(SSc2ccccn2)nc1. The Labute approximate surface area is 105 Å². The zero-order chi connectivity index (χ0) is 12.1. The third kappa shape index (κ3) is 3.43. The molecule has 0 aliphatic rings. The molecule has 0 bridgehead atoms. The molecular weight excluding hydrogens is 258 g/mol. The standard InChI is InChI=1S/C10H7N3O2S2/c14-13(15)8-4-5-10(12-7-8)17-16-9-3-1-2-6-11-9/h1-7H. The fourth-order valence-electron chi connectivity index (χ4n) is 1.01. The van der Waals surface area contributed by atoms with Crippen molar-refractivity contribution in [1.29, 1.82) is 0 Å². The van der Waals surface area contributed by atoms with Crippen LogP contribution >= 0.6 is 21.6 Å². The molecule has 0 amide bonds. The molecule has 2 heterocycles. The van der Waals surface area contributed by atoms with Crippen molar-refractivity contribution in [2.24, 2.45) is 0 Å². The van der Waals surface area contributed by atoms with Crippen LogP contribution in [0.1, 0.15) is 0 Å². The zero-order valence-corrected chi connectivity index (χ0v) is 10.1. The van der Waals surface area contributed by atoms with Gasteiger partial charge in [0.1, 0.15) is 16.2 Å². The van der Waals surface area contributed by atoms with Gasteiger partial charge in [-0.15, -0.1) is 0 Å². The Morgan fingerprint density at radius 1 is 1.06 bits per heavy atom. The van der Waals surface area contributed by atoms with Crippen molar-refractivity contribution in [3.8, 4) is 0 Å². The summed E-state index contributed by atoms with van der Waals surface area (Å²) in [6.45, 7) is 0. The summed E-state index contributed by atoms with van der Waals surface area (Å²) in [4.78, 5) is 18.1. The molecule has 0 unspecified atom stereocenters. The van der Waals surface area contributed by atoms with Crippen LogP contribution in [0.2, 0.25) is 0 Å². The van der Waals surface area contributed by atoms with Crippen molar-refractivity contribution in [2.45, 2.75) is 10.1 Å². The molecule has 2 rings (SSSR count). The Morgan fingerprint density at radius 3 is 2.35 bits per heavy atom. The van der Waals surface area contributed by atoms with Crippen molar-refractivity contribution < 1.29 is 4.92 Å². The first-order valence-corrected chi connectivity index (χ1v) is 6.77. The van der Waals surface area contributed by atoms with Gasteiger partial charge in [0.15, 0.2) is 0 Å². The van der Waals surface area contributed by atoms with E-state index in [0.717, 1.165) is 5.03 Å². The molecular formula is C10H7N3O2S2. The Bertz CT molecular complexity index is 505. The lowest BCUT2D eigenvalue weighted by atomic mass is 10.4. The maximum absolute atomic E-state index is 10.4. The molecule has 0 saturated carbocycles. The minimum Gasteiger partial charge on any atom is -0.258 e. The van der Waals surface area contributed by atoms with Crippen LogP contribution < -0.4 is 0 Å². The maximum Gasteiger partial charge on any atom is 0.287 e. The van der Waals surface area contributed by atoms with Gasteiger partial charge in [0, 0.05) is 12.3 Å². The summed E-state index contributed by atoms with van der Waals surface area (Å²) in [6, 6.07) is 8.70. The number of nitro groups is 1. The number of aromatic nitrogens is 2. The maximum atomic E-state index is 10.4. The van der Waals surface area contributed by atoms with E-state index in [1.54, 1.807) is 12.3 Å². The zero-order valence-electron chi connectivity index (χ0n) is 8.52. The van der Waals surface area contributed by atoms with Crippen LogP contribution in [0.4, 0.5) is 5.69 Å². The molecule has 0 aromatic carbocycles. The highest BCUT2D eigenvalue weighted by molar-refractivity contribution is 8.76. The lowest BCUT2D eigenvalue weighted by molar-refractivity contribution is -0.385. The van der Waals surface area contributed by atoms with Crippen molar-refractivity contribution in [2.75, 3.05) is 0 Å². The molecule has 5 nitrogen and oxygen atoms in total. The Morgan fingerprint density at radius 2 is 1.82 bits per heavy atom. The quantitative estimate of drug-likeness (QED) is 0.480. The van der Waals surface area contributed by atoms with Crippen molar-refractivity contribution in [3.05, 3.63) is 52.8 Å². The fourth-order valence-corrected chi connectivity index (χ4v) is 2.74. The fraction of sp³-hybridized carbons (Fsp3) is 0. The topological polar surface area (TPSA) is 68.9 Å². The summed E-state index contributed by atoms with van der Waals surface area (Å²) in [5, 5.41) is 12.0. The first kappa shape index (κ1) is 11.9. The molecule has 0 fully saturated rings. The van der Waals surface area contributed by atoms with Crippen LogP contribution in [0.3, 0.4) is 0 Å². The van der Waals surface area contributed by atoms with Gasteiger partial charge in [-0.05, 0) is 39.8 Å². The van der Waals surface area contributed by atoms with Crippen LogP contribution in [0.5, 0.6) is 0 Å². The normalized spacial score (nSPS) is 10.1. The summed E-state index contributed by atoms with van der Waals surface area (Å²) in [6.07, 6.45) is 2.97. The van der Waals surface area contributed by atoms with E-state index in [1.807, 2.05) is 18.2 Å². The van der Waals surface area contributed by atoms with E-state index in [4.69, 9.17) is 0 Å². The van der Waals surface area contributed by atoms with Gasteiger partial charge in [-0.3, -0.25) is 10.1 Å².